The maximum absolute atomic E-state index is 11.9. The number of carboxylic acid groups (broad SMARTS) is 1. The van der Waals surface area contributed by atoms with Gasteiger partial charge in [0.1, 0.15) is 6.04 Å². The molecule has 104 valence electrons. The van der Waals surface area contributed by atoms with Gasteiger partial charge in [0.05, 0.1) is 6.54 Å². The van der Waals surface area contributed by atoms with Gasteiger partial charge in [0.2, 0.25) is 0 Å². The van der Waals surface area contributed by atoms with E-state index in [9.17, 15) is 18.4 Å². The summed E-state index contributed by atoms with van der Waals surface area (Å²) in [6, 6.07) is 6.60. The van der Waals surface area contributed by atoms with Gasteiger partial charge in [-0.2, -0.15) is 0 Å². The van der Waals surface area contributed by atoms with Gasteiger partial charge in [0.25, 0.3) is 6.43 Å². The monoisotopic (exact) mass is 272 g/mol. The van der Waals surface area contributed by atoms with Crippen LogP contribution >= 0.6 is 0 Å². The zero-order valence-electron chi connectivity index (χ0n) is 9.98. The first-order chi connectivity index (χ1) is 8.99. The second-order valence-electron chi connectivity index (χ2n) is 3.83. The van der Waals surface area contributed by atoms with E-state index in [1.54, 1.807) is 30.3 Å². The Morgan fingerprint density at radius 3 is 2.37 bits per heavy atom. The fourth-order valence-electron chi connectivity index (χ4n) is 1.43. The highest BCUT2D eigenvalue weighted by Crippen LogP contribution is 2.03. The number of urea groups is 1. The molecule has 2 amide bonds. The van der Waals surface area contributed by atoms with Crippen molar-refractivity contribution in [1.82, 2.24) is 10.6 Å². The van der Waals surface area contributed by atoms with Crippen LogP contribution in [0.4, 0.5) is 13.6 Å². The summed E-state index contributed by atoms with van der Waals surface area (Å²) in [6.45, 7) is -0.816. The average molecular weight is 272 g/mol. The van der Waals surface area contributed by atoms with Crippen LogP contribution in [0.3, 0.4) is 0 Å². The summed E-state index contributed by atoms with van der Waals surface area (Å²) in [5, 5.41) is 13.0. The van der Waals surface area contributed by atoms with Gasteiger partial charge in [-0.15, -0.1) is 0 Å². The Kier molecular flexibility index (Phi) is 5.72. The zero-order valence-corrected chi connectivity index (χ0v) is 9.98. The van der Waals surface area contributed by atoms with Crippen molar-refractivity contribution in [2.45, 2.75) is 18.9 Å². The number of aliphatic carboxylic acids is 1. The molecule has 1 aromatic rings. The Bertz CT molecular complexity index is 426. The lowest BCUT2D eigenvalue weighted by Crippen LogP contribution is -2.48. The van der Waals surface area contributed by atoms with E-state index >= 15 is 0 Å². The molecule has 0 saturated carbocycles. The summed E-state index contributed by atoms with van der Waals surface area (Å²) < 4.78 is 23.8. The van der Waals surface area contributed by atoms with E-state index < -0.39 is 31.0 Å². The van der Waals surface area contributed by atoms with Crippen LogP contribution in [-0.4, -0.2) is 36.1 Å². The third kappa shape index (κ3) is 5.80. The number of rotatable bonds is 6. The summed E-state index contributed by atoms with van der Waals surface area (Å²) in [4.78, 5) is 22.2. The van der Waals surface area contributed by atoms with Gasteiger partial charge in [0.15, 0.2) is 0 Å². The number of benzene rings is 1. The molecular formula is C12H14F2N2O3. The predicted octanol–water partition coefficient (Wildman–Crippen LogP) is 1.25. The van der Waals surface area contributed by atoms with Gasteiger partial charge in [-0.3, -0.25) is 0 Å². The van der Waals surface area contributed by atoms with Crippen LogP contribution in [0.1, 0.15) is 5.56 Å². The molecule has 7 heteroatoms. The van der Waals surface area contributed by atoms with Crippen molar-refractivity contribution in [3.05, 3.63) is 35.9 Å². The van der Waals surface area contributed by atoms with Crippen LogP contribution in [0.15, 0.2) is 30.3 Å². The summed E-state index contributed by atoms with van der Waals surface area (Å²) in [6.07, 6.45) is -2.60. The fraction of sp³-hybridized carbons (Fsp3) is 0.333. The number of carbonyl (C=O) groups is 2. The van der Waals surface area contributed by atoms with Crippen LogP contribution in [-0.2, 0) is 11.2 Å². The highest BCUT2D eigenvalue weighted by atomic mass is 19.3. The molecule has 0 heterocycles. The molecule has 19 heavy (non-hydrogen) atoms. The number of hydrogen-bond acceptors (Lipinski definition) is 2. The van der Waals surface area contributed by atoms with Crippen LogP contribution in [0, 0.1) is 0 Å². The van der Waals surface area contributed by atoms with Gasteiger partial charge in [0, 0.05) is 6.42 Å². The summed E-state index contributed by atoms with van der Waals surface area (Å²) in [7, 11) is 0. The van der Waals surface area contributed by atoms with Crippen molar-refractivity contribution in [2.75, 3.05) is 6.54 Å². The van der Waals surface area contributed by atoms with E-state index in [1.165, 1.54) is 0 Å². The van der Waals surface area contributed by atoms with Gasteiger partial charge in [-0.25, -0.2) is 18.4 Å². The number of hydrogen-bond donors (Lipinski definition) is 3. The molecule has 0 saturated heterocycles. The van der Waals surface area contributed by atoms with Crippen LogP contribution in [0.25, 0.3) is 0 Å². The van der Waals surface area contributed by atoms with E-state index in [-0.39, 0.29) is 6.42 Å². The van der Waals surface area contributed by atoms with E-state index in [0.717, 1.165) is 5.56 Å². The quantitative estimate of drug-likeness (QED) is 0.729. The largest absolute Gasteiger partial charge is 0.480 e. The van der Waals surface area contributed by atoms with E-state index in [2.05, 4.69) is 5.32 Å². The van der Waals surface area contributed by atoms with Gasteiger partial charge in [-0.05, 0) is 5.56 Å². The molecule has 0 aromatic heterocycles. The minimum Gasteiger partial charge on any atom is -0.480 e. The fourth-order valence-corrected chi connectivity index (χ4v) is 1.43. The van der Waals surface area contributed by atoms with E-state index in [0.29, 0.717) is 0 Å². The molecule has 0 aliphatic heterocycles. The SMILES string of the molecule is O=C(NCC(F)F)N[C@H](Cc1ccccc1)C(=O)O. The Labute approximate surface area is 108 Å². The summed E-state index contributed by atoms with van der Waals surface area (Å²) in [5.74, 6) is -1.23. The maximum atomic E-state index is 11.9. The lowest BCUT2D eigenvalue weighted by molar-refractivity contribution is -0.139. The molecule has 0 aliphatic rings. The number of amides is 2. The maximum Gasteiger partial charge on any atom is 0.326 e. The smallest absolute Gasteiger partial charge is 0.326 e. The Balaban J connectivity index is 2.54. The minimum atomic E-state index is -2.68. The molecule has 1 rings (SSSR count). The first-order valence-corrected chi connectivity index (χ1v) is 5.58. The number of carboxylic acids is 1. The number of alkyl halides is 2. The third-order valence-corrected chi connectivity index (χ3v) is 2.30. The lowest BCUT2D eigenvalue weighted by Gasteiger charge is -2.15. The normalized spacial score (nSPS) is 11.9. The average Bonchev–Trinajstić information content (AvgIpc) is 2.36. The van der Waals surface area contributed by atoms with Crippen molar-refractivity contribution in [2.24, 2.45) is 0 Å². The highest BCUT2D eigenvalue weighted by molar-refractivity contribution is 5.82. The van der Waals surface area contributed by atoms with Gasteiger partial charge in [-0.1, -0.05) is 30.3 Å². The summed E-state index contributed by atoms with van der Waals surface area (Å²) in [5.41, 5.74) is 0.726. The first kappa shape index (κ1) is 14.9. The molecule has 3 N–H and O–H groups in total. The second kappa shape index (κ2) is 7.30. The van der Waals surface area contributed by atoms with E-state index in [1.807, 2.05) is 5.32 Å². The van der Waals surface area contributed by atoms with Crippen molar-refractivity contribution in [1.29, 1.82) is 0 Å². The van der Waals surface area contributed by atoms with Crippen LogP contribution < -0.4 is 10.6 Å². The molecule has 0 radical (unpaired) electrons. The van der Waals surface area contributed by atoms with Crippen LogP contribution in [0.2, 0.25) is 0 Å². The third-order valence-electron chi connectivity index (χ3n) is 2.30. The Hall–Kier alpha value is -2.18. The second-order valence-corrected chi connectivity index (χ2v) is 3.83. The minimum absolute atomic E-state index is 0.0816. The molecule has 0 unspecified atom stereocenters. The number of halogens is 2. The van der Waals surface area contributed by atoms with Crippen LogP contribution in [0.5, 0.6) is 0 Å². The van der Waals surface area contributed by atoms with Gasteiger partial charge >= 0.3 is 12.0 Å². The number of nitrogens with one attached hydrogen (secondary N) is 2. The number of carbonyl (C=O) groups excluding carboxylic acids is 1. The standard InChI is InChI=1S/C12H14F2N2O3/c13-10(14)7-15-12(19)16-9(11(17)18)6-8-4-2-1-3-5-8/h1-5,9-10H,6-7H2,(H,17,18)(H2,15,16,19)/t9-/m1/s1. The summed E-state index contributed by atoms with van der Waals surface area (Å²) >= 11 is 0. The molecule has 1 atom stereocenters. The highest BCUT2D eigenvalue weighted by Gasteiger charge is 2.20. The van der Waals surface area contributed by atoms with E-state index in [4.69, 9.17) is 5.11 Å². The van der Waals surface area contributed by atoms with Crippen molar-refractivity contribution >= 4 is 12.0 Å². The van der Waals surface area contributed by atoms with Crippen molar-refractivity contribution < 1.29 is 23.5 Å². The topological polar surface area (TPSA) is 78.4 Å². The molecular weight excluding hydrogens is 258 g/mol. The lowest BCUT2D eigenvalue weighted by atomic mass is 10.1. The van der Waals surface area contributed by atoms with Crippen molar-refractivity contribution in [3.63, 3.8) is 0 Å². The molecule has 1 aromatic carbocycles. The molecule has 5 nitrogen and oxygen atoms in total. The Morgan fingerprint density at radius 1 is 1.21 bits per heavy atom. The van der Waals surface area contributed by atoms with Gasteiger partial charge < -0.3 is 15.7 Å². The first-order valence-electron chi connectivity index (χ1n) is 5.58. The predicted molar refractivity (Wildman–Crippen MR) is 64.1 cm³/mol. The molecule has 0 fully saturated rings. The molecule has 0 bridgehead atoms. The molecule has 0 spiro atoms. The Morgan fingerprint density at radius 2 is 1.84 bits per heavy atom. The van der Waals surface area contributed by atoms with Crippen molar-refractivity contribution in [3.8, 4) is 0 Å². The zero-order chi connectivity index (χ0) is 14.3. The molecule has 0 aliphatic carbocycles.